The molecule has 1 saturated heterocycles. The number of nitrogens with zero attached hydrogens (tertiary/aromatic N) is 3. The molecule has 29 heavy (non-hydrogen) atoms. The first-order valence-corrected chi connectivity index (χ1v) is 10.3. The Morgan fingerprint density at radius 3 is 2.79 bits per heavy atom. The summed E-state index contributed by atoms with van der Waals surface area (Å²) >= 11 is 1.28. The lowest BCUT2D eigenvalue weighted by atomic mass is 10.0. The molecule has 7 nitrogen and oxygen atoms in total. The van der Waals surface area contributed by atoms with E-state index in [1.165, 1.54) is 22.2 Å². The number of aromatic nitrogens is 2. The molecule has 0 unspecified atom stereocenters. The van der Waals surface area contributed by atoms with Crippen molar-refractivity contribution in [2.75, 3.05) is 20.8 Å². The molecule has 3 aromatic rings. The number of likely N-dealkylation sites (tertiary alicyclic amines) is 1. The number of thiophene rings is 1. The minimum absolute atomic E-state index is 0.0695. The van der Waals surface area contributed by atoms with Crippen LogP contribution in [0.5, 0.6) is 11.5 Å². The average molecular weight is 413 g/mol. The number of fused-ring (bicyclic) bond motifs is 1. The summed E-state index contributed by atoms with van der Waals surface area (Å²) in [5.41, 5.74) is 1.51. The zero-order valence-electron chi connectivity index (χ0n) is 16.9. The van der Waals surface area contributed by atoms with Gasteiger partial charge in [0.05, 0.1) is 36.9 Å². The number of carbonyl (C=O) groups excluding carboxylic acids is 1. The van der Waals surface area contributed by atoms with Crippen molar-refractivity contribution >= 4 is 27.5 Å². The van der Waals surface area contributed by atoms with Crippen LogP contribution in [0, 0.1) is 6.92 Å². The van der Waals surface area contributed by atoms with E-state index in [2.05, 4.69) is 4.98 Å². The van der Waals surface area contributed by atoms with Crippen LogP contribution in [0.4, 0.5) is 0 Å². The number of rotatable bonds is 4. The third-order valence-electron chi connectivity index (χ3n) is 5.51. The van der Waals surface area contributed by atoms with Crippen LogP contribution in [-0.2, 0) is 7.05 Å². The standard InChI is InChI=1S/C21H23N3O4S/c1-12-17-19(22-11-23(2)20(17)25)29-18(12)21(26)24-9-5-6-15(24)14-10-13(27-3)7-8-16(14)28-4/h7-8,10-11,15H,5-6,9H2,1-4H3/t15-/m1/s1. The van der Waals surface area contributed by atoms with Crippen LogP contribution in [0.2, 0.25) is 0 Å². The Hall–Kier alpha value is -2.87. The zero-order valence-corrected chi connectivity index (χ0v) is 17.7. The van der Waals surface area contributed by atoms with Gasteiger partial charge in [-0.2, -0.15) is 0 Å². The highest BCUT2D eigenvalue weighted by atomic mass is 32.1. The minimum Gasteiger partial charge on any atom is -0.497 e. The lowest BCUT2D eigenvalue weighted by Gasteiger charge is -2.26. The van der Waals surface area contributed by atoms with E-state index in [1.807, 2.05) is 30.0 Å². The number of ether oxygens (including phenoxy) is 2. The van der Waals surface area contributed by atoms with Gasteiger partial charge in [0.1, 0.15) is 16.3 Å². The predicted molar refractivity (Wildman–Crippen MR) is 112 cm³/mol. The third kappa shape index (κ3) is 3.17. The number of aryl methyl sites for hydroxylation is 2. The second-order valence-electron chi connectivity index (χ2n) is 7.16. The van der Waals surface area contributed by atoms with Gasteiger partial charge in [0.2, 0.25) is 0 Å². The van der Waals surface area contributed by atoms with Gasteiger partial charge in [-0.1, -0.05) is 0 Å². The van der Waals surface area contributed by atoms with Crippen molar-refractivity contribution in [2.24, 2.45) is 7.05 Å². The average Bonchev–Trinajstić information content (AvgIpc) is 3.35. The third-order valence-corrected chi connectivity index (χ3v) is 6.70. The molecule has 1 amide bonds. The summed E-state index contributed by atoms with van der Waals surface area (Å²) in [4.78, 5) is 33.4. The molecule has 1 aliphatic rings. The molecule has 2 aromatic heterocycles. The Balaban J connectivity index is 1.76. The van der Waals surface area contributed by atoms with Gasteiger partial charge in [0.25, 0.3) is 11.5 Å². The molecular weight excluding hydrogens is 390 g/mol. The summed E-state index contributed by atoms with van der Waals surface area (Å²) < 4.78 is 12.4. The van der Waals surface area contributed by atoms with Crippen molar-refractivity contribution in [3.05, 3.63) is 50.9 Å². The first-order chi connectivity index (χ1) is 14.0. The Bertz CT molecular complexity index is 1150. The van der Waals surface area contributed by atoms with Gasteiger partial charge in [-0.05, 0) is 43.5 Å². The van der Waals surface area contributed by atoms with E-state index in [-0.39, 0.29) is 17.5 Å². The fraction of sp³-hybridized carbons (Fsp3) is 0.381. The van der Waals surface area contributed by atoms with Crippen LogP contribution in [0.1, 0.15) is 39.7 Å². The van der Waals surface area contributed by atoms with Crippen molar-refractivity contribution in [2.45, 2.75) is 25.8 Å². The molecule has 152 valence electrons. The van der Waals surface area contributed by atoms with E-state index in [0.29, 0.717) is 27.2 Å². The molecular formula is C21H23N3O4S. The summed E-state index contributed by atoms with van der Waals surface area (Å²) in [7, 11) is 4.92. The van der Waals surface area contributed by atoms with Gasteiger partial charge in [-0.25, -0.2) is 4.98 Å². The summed E-state index contributed by atoms with van der Waals surface area (Å²) in [6.45, 7) is 2.48. The van der Waals surface area contributed by atoms with Gasteiger partial charge >= 0.3 is 0 Å². The quantitative estimate of drug-likeness (QED) is 0.656. The maximum absolute atomic E-state index is 13.5. The monoisotopic (exact) mass is 413 g/mol. The molecule has 0 spiro atoms. The molecule has 1 aliphatic heterocycles. The molecule has 0 radical (unpaired) electrons. The lowest BCUT2D eigenvalue weighted by Crippen LogP contribution is -2.30. The van der Waals surface area contributed by atoms with Crippen LogP contribution in [0.15, 0.2) is 29.3 Å². The smallest absolute Gasteiger partial charge is 0.264 e. The number of benzene rings is 1. The summed E-state index contributed by atoms with van der Waals surface area (Å²) in [6, 6.07) is 5.55. The zero-order chi connectivity index (χ0) is 20.7. The van der Waals surface area contributed by atoms with E-state index in [1.54, 1.807) is 21.3 Å². The number of carbonyl (C=O) groups is 1. The van der Waals surface area contributed by atoms with Crippen molar-refractivity contribution < 1.29 is 14.3 Å². The second-order valence-corrected chi connectivity index (χ2v) is 8.16. The first kappa shape index (κ1) is 19.4. The highest BCUT2D eigenvalue weighted by Crippen LogP contribution is 2.40. The minimum atomic E-state index is -0.129. The molecule has 4 rings (SSSR count). The number of amides is 1. The maximum atomic E-state index is 13.5. The number of hydrogen-bond acceptors (Lipinski definition) is 6. The van der Waals surface area contributed by atoms with E-state index in [4.69, 9.17) is 9.47 Å². The highest BCUT2D eigenvalue weighted by Gasteiger charge is 2.34. The number of hydrogen-bond donors (Lipinski definition) is 0. The van der Waals surface area contributed by atoms with Crippen molar-refractivity contribution in [3.8, 4) is 11.5 Å². The number of methoxy groups -OCH3 is 2. The molecule has 1 aromatic carbocycles. The van der Waals surface area contributed by atoms with E-state index >= 15 is 0 Å². The largest absolute Gasteiger partial charge is 0.497 e. The van der Waals surface area contributed by atoms with Gasteiger partial charge < -0.3 is 18.9 Å². The Morgan fingerprint density at radius 1 is 1.28 bits per heavy atom. The predicted octanol–water partition coefficient (Wildman–Crippen LogP) is 3.30. The van der Waals surface area contributed by atoms with Crippen LogP contribution < -0.4 is 15.0 Å². The molecule has 0 saturated carbocycles. The van der Waals surface area contributed by atoms with Crippen LogP contribution in [0.25, 0.3) is 10.2 Å². The molecule has 1 atom stereocenters. The van der Waals surface area contributed by atoms with E-state index < -0.39 is 0 Å². The topological polar surface area (TPSA) is 73.7 Å². The van der Waals surface area contributed by atoms with Gasteiger partial charge in [0, 0.05) is 19.2 Å². The van der Waals surface area contributed by atoms with Gasteiger partial charge in [-0.3, -0.25) is 9.59 Å². The van der Waals surface area contributed by atoms with Crippen molar-refractivity contribution in [1.29, 1.82) is 0 Å². The fourth-order valence-corrected chi connectivity index (χ4v) is 5.07. The fourth-order valence-electron chi connectivity index (χ4n) is 3.98. The normalized spacial score (nSPS) is 16.4. The molecule has 1 fully saturated rings. The Morgan fingerprint density at radius 2 is 2.07 bits per heavy atom. The van der Waals surface area contributed by atoms with Crippen molar-refractivity contribution in [3.63, 3.8) is 0 Å². The summed E-state index contributed by atoms with van der Waals surface area (Å²) in [5.74, 6) is 1.39. The molecule has 0 bridgehead atoms. The van der Waals surface area contributed by atoms with Crippen LogP contribution >= 0.6 is 11.3 Å². The lowest BCUT2D eigenvalue weighted by molar-refractivity contribution is 0.0738. The maximum Gasteiger partial charge on any atom is 0.264 e. The van der Waals surface area contributed by atoms with Gasteiger partial charge in [-0.15, -0.1) is 11.3 Å². The first-order valence-electron chi connectivity index (χ1n) is 9.44. The molecule has 0 N–H and O–H groups in total. The van der Waals surface area contributed by atoms with Crippen LogP contribution in [-0.4, -0.2) is 41.1 Å². The van der Waals surface area contributed by atoms with Gasteiger partial charge in [0.15, 0.2) is 0 Å². The highest BCUT2D eigenvalue weighted by molar-refractivity contribution is 7.20. The summed E-state index contributed by atoms with van der Waals surface area (Å²) in [5, 5.41) is 0.526. The second kappa shape index (κ2) is 7.51. The van der Waals surface area contributed by atoms with E-state index in [9.17, 15) is 9.59 Å². The summed E-state index contributed by atoms with van der Waals surface area (Å²) in [6.07, 6.45) is 3.24. The Labute approximate surface area is 172 Å². The van der Waals surface area contributed by atoms with E-state index in [0.717, 1.165) is 29.9 Å². The Kier molecular flexibility index (Phi) is 5.04. The molecule has 0 aliphatic carbocycles. The van der Waals surface area contributed by atoms with Crippen LogP contribution in [0.3, 0.4) is 0 Å². The van der Waals surface area contributed by atoms with Crippen molar-refractivity contribution in [1.82, 2.24) is 14.5 Å². The SMILES string of the molecule is COc1ccc(OC)c([C@H]2CCCN2C(=O)c2sc3ncn(C)c(=O)c3c2C)c1. The molecule has 3 heterocycles. The molecule has 8 heteroatoms.